The maximum Gasteiger partial charge on any atom is 0.326 e. The van der Waals surface area contributed by atoms with Crippen LogP contribution in [0.4, 0.5) is 0 Å². The fourth-order valence-electron chi connectivity index (χ4n) is 4.25. The molecule has 4 aromatic rings. The molecule has 0 fully saturated rings. The first-order valence-electron chi connectivity index (χ1n) is 11.5. The number of aliphatic carboxylic acids is 1. The molecule has 0 radical (unpaired) electrons. The zero-order valence-corrected chi connectivity index (χ0v) is 20.0. The van der Waals surface area contributed by atoms with E-state index in [4.69, 9.17) is 20.8 Å². The highest BCUT2D eigenvalue weighted by Gasteiger charge is 2.35. The quantitative estimate of drug-likeness (QED) is 0.370. The van der Waals surface area contributed by atoms with E-state index >= 15 is 0 Å². The summed E-state index contributed by atoms with van der Waals surface area (Å²) in [6.45, 7) is 0.569. The summed E-state index contributed by atoms with van der Waals surface area (Å²) in [7, 11) is 0. The fraction of sp³-hybridized carbons (Fsp3) is 0.179. The van der Waals surface area contributed by atoms with Gasteiger partial charge in [-0.05, 0) is 59.7 Å². The number of hydrogen-bond donors (Lipinski definition) is 1. The van der Waals surface area contributed by atoms with Crippen molar-refractivity contribution in [2.75, 3.05) is 6.61 Å². The van der Waals surface area contributed by atoms with E-state index in [0.29, 0.717) is 35.3 Å². The molecule has 182 valence electrons. The number of carboxylic acid groups (broad SMARTS) is 1. The van der Waals surface area contributed by atoms with Crippen LogP contribution in [-0.4, -0.2) is 39.5 Å². The van der Waals surface area contributed by atoms with Crippen LogP contribution in [0, 0.1) is 0 Å². The summed E-state index contributed by atoms with van der Waals surface area (Å²) >= 11 is 5.93. The second-order valence-corrected chi connectivity index (χ2v) is 8.97. The van der Waals surface area contributed by atoms with Gasteiger partial charge in [0.05, 0.1) is 12.3 Å². The number of ether oxygens (including phenoxy) is 1. The Morgan fingerprint density at radius 2 is 1.83 bits per heavy atom. The Morgan fingerprint density at radius 3 is 2.58 bits per heavy atom. The van der Waals surface area contributed by atoms with Crippen molar-refractivity contribution in [2.45, 2.75) is 25.4 Å². The minimum Gasteiger partial charge on any atom is -0.493 e. The first kappa shape index (κ1) is 23.6. The van der Waals surface area contributed by atoms with Crippen LogP contribution in [0.1, 0.15) is 27.2 Å². The summed E-state index contributed by atoms with van der Waals surface area (Å²) in [5, 5.41) is 10.3. The Morgan fingerprint density at radius 1 is 1.06 bits per heavy atom. The van der Waals surface area contributed by atoms with Crippen molar-refractivity contribution in [3.63, 3.8) is 0 Å². The lowest BCUT2D eigenvalue weighted by atomic mass is 9.93. The maximum absolute atomic E-state index is 13.1. The van der Waals surface area contributed by atoms with Gasteiger partial charge >= 0.3 is 5.97 Å². The molecule has 7 nitrogen and oxygen atoms in total. The van der Waals surface area contributed by atoms with Gasteiger partial charge in [0.25, 0.3) is 5.91 Å². The van der Waals surface area contributed by atoms with Crippen LogP contribution in [0.15, 0.2) is 83.5 Å². The monoisotopic (exact) mass is 502 g/mol. The van der Waals surface area contributed by atoms with Gasteiger partial charge in [0.15, 0.2) is 0 Å². The van der Waals surface area contributed by atoms with Gasteiger partial charge in [-0.3, -0.25) is 4.79 Å². The van der Waals surface area contributed by atoms with Gasteiger partial charge in [0, 0.05) is 35.5 Å². The Balaban J connectivity index is 1.26. The van der Waals surface area contributed by atoms with E-state index in [0.717, 1.165) is 22.4 Å². The number of aromatic nitrogens is 1. The molecule has 5 rings (SSSR count). The van der Waals surface area contributed by atoms with Gasteiger partial charge < -0.3 is 19.2 Å². The van der Waals surface area contributed by atoms with E-state index in [9.17, 15) is 14.7 Å². The van der Waals surface area contributed by atoms with Gasteiger partial charge in [-0.15, -0.1) is 0 Å². The zero-order valence-electron chi connectivity index (χ0n) is 19.3. The lowest BCUT2D eigenvalue weighted by Gasteiger charge is -2.34. The molecule has 1 atom stereocenters. The van der Waals surface area contributed by atoms with E-state index in [2.05, 4.69) is 4.98 Å². The van der Waals surface area contributed by atoms with Crippen LogP contribution in [0.5, 0.6) is 5.75 Å². The highest BCUT2D eigenvalue weighted by Crippen LogP contribution is 2.29. The SMILES string of the molecule is O=C(O)C1Cc2ccc(OCCc3coc(-c4ccccc4)n3)cc2CN1C(=O)c1ccc(Cl)cc1. The minimum atomic E-state index is -1.04. The van der Waals surface area contributed by atoms with Crippen molar-refractivity contribution in [3.05, 3.63) is 106 Å². The van der Waals surface area contributed by atoms with Crippen LogP contribution >= 0.6 is 11.6 Å². The highest BCUT2D eigenvalue weighted by molar-refractivity contribution is 6.30. The van der Waals surface area contributed by atoms with Gasteiger partial charge in [-0.2, -0.15) is 0 Å². The van der Waals surface area contributed by atoms with Crippen molar-refractivity contribution in [3.8, 4) is 17.2 Å². The van der Waals surface area contributed by atoms with Gasteiger partial charge in [-0.25, -0.2) is 9.78 Å². The van der Waals surface area contributed by atoms with Crippen molar-refractivity contribution in [1.82, 2.24) is 9.88 Å². The van der Waals surface area contributed by atoms with E-state index in [1.54, 1.807) is 30.5 Å². The van der Waals surface area contributed by atoms with Crippen LogP contribution in [0.3, 0.4) is 0 Å². The van der Waals surface area contributed by atoms with Crippen molar-refractivity contribution < 1.29 is 23.8 Å². The summed E-state index contributed by atoms with van der Waals surface area (Å²) in [5.74, 6) is -0.173. The molecule has 0 saturated carbocycles. The van der Waals surface area contributed by atoms with Crippen LogP contribution < -0.4 is 4.74 Å². The van der Waals surface area contributed by atoms with E-state index in [1.807, 2.05) is 48.5 Å². The largest absolute Gasteiger partial charge is 0.493 e. The Hall–Kier alpha value is -4.10. The molecule has 1 aliphatic heterocycles. The first-order chi connectivity index (χ1) is 17.5. The number of carbonyl (C=O) groups is 2. The standard InChI is InChI=1S/C28H23ClN2O5/c29-22-9-6-19(7-10-22)27(32)31-16-21-14-24(11-8-20(21)15-25(31)28(33)34)35-13-12-23-17-36-26(30-23)18-4-2-1-3-5-18/h1-11,14,17,25H,12-13,15-16H2,(H,33,34). The number of rotatable bonds is 7. The number of hydrogen-bond acceptors (Lipinski definition) is 5. The van der Waals surface area contributed by atoms with Crippen LogP contribution in [-0.2, 0) is 24.2 Å². The normalized spacial score (nSPS) is 14.8. The molecular weight excluding hydrogens is 480 g/mol. The maximum atomic E-state index is 13.1. The number of benzene rings is 3. The second-order valence-electron chi connectivity index (χ2n) is 8.54. The predicted molar refractivity (Wildman–Crippen MR) is 134 cm³/mol. The summed E-state index contributed by atoms with van der Waals surface area (Å²) in [5.41, 5.74) is 3.84. The third-order valence-electron chi connectivity index (χ3n) is 6.14. The second kappa shape index (κ2) is 10.3. The van der Waals surface area contributed by atoms with Crippen molar-refractivity contribution >= 4 is 23.5 Å². The molecule has 1 amide bonds. The molecule has 8 heteroatoms. The molecule has 3 aromatic carbocycles. The number of amides is 1. The zero-order chi connectivity index (χ0) is 25.1. The summed E-state index contributed by atoms with van der Waals surface area (Å²) in [4.78, 5) is 31.0. The number of carbonyl (C=O) groups excluding carboxylic acids is 1. The van der Waals surface area contributed by atoms with Crippen molar-refractivity contribution in [2.24, 2.45) is 0 Å². The van der Waals surface area contributed by atoms with E-state index in [-0.39, 0.29) is 18.9 Å². The highest BCUT2D eigenvalue weighted by atomic mass is 35.5. The van der Waals surface area contributed by atoms with Gasteiger partial charge in [-0.1, -0.05) is 35.9 Å². The first-order valence-corrected chi connectivity index (χ1v) is 11.9. The number of halogens is 1. The number of fused-ring (bicyclic) bond motifs is 1. The Kier molecular flexibility index (Phi) is 6.73. The number of nitrogens with zero attached hydrogens (tertiary/aromatic N) is 2. The molecule has 0 spiro atoms. The van der Waals surface area contributed by atoms with Gasteiger partial charge in [0.1, 0.15) is 18.1 Å². The third kappa shape index (κ3) is 5.11. The van der Waals surface area contributed by atoms with Crippen LogP contribution in [0.25, 0.3) is 11.5 Å². The average molecular weight is 503 g/mol. The van der Waals surface area contributed by atoms with E-state index in [1.165, 1.54) is 4.90 Å². The molecule has 36 heavy (non-hydrogen) atoms. The van der Waals surface area contributed by atoms with Crippen molar-refractivity contribution in [1.29, 1.82) is 0 Å². The molecule has 0 saturated heterocycles. The summed E-state index contributed by atoms with van der Waals surface area (Å²) in [6, 6.07) is 20.7. The van der Waals surface area contributed by atoms with Gasteiger partial charge in [0.2, 0.25) is 5.89 Å². The Bertz CT molecular complexity index is 1380. The minimum absolute atomic E-state index is 0.175. The summed E-state index contributed by atoms with van der Waals surface area (Å²) < 4.78 is 11.5. The Labute approximate surface area is 212 Å². The number of oxazole rings is 1. The number of carboxylic acids is 1. The lowest BCUT2D eigenvalue weighted by molar-refractivity contribution is -0.142. The molecule has 2 heterocycles. The molecule has 0 bridgehead atoms. The average Bonchev–Trinajstić information content (AvgIpc) is 3.37. The third-order valence-corrected chi connectivity index (χ3v) is 6.40. The topological polar surface area (TPSA) is 92.9 Å². The van der Waals surface area contributed by atoms with Crippen LogP contribution in [0.2, 0.25) is 5.02 Å². The molecule has 1 aromatic heterocycles. The predicted octanol–water partition coefficient (Wildman–Crippen LogP) is 5.27. The fourth-order valence-corrected chi connectivity index (χ4v) is 4.38. The lowest BCUT2D eigenvalue weighted by Crippen LogP contribution is -2.48. The molecule has 0 aliphatic carbocycles. The molecule has 1 N–H and O–H groups in total. The molecular formula is C28H23ClN2O5. The molecule has 1 aliphatic rings. The molecule has 1 unspecified atom stereocenters. The smallest absolute Gasteiger partial charge is 0.326 e. The summed E-state index contributed by atoms with van der Waals surface area (Å²) in [6.07, 6.45) is 2.42. The van der Waals surface area contributed by atoms with E-state index < -0.39 is 12.0 Å².